The summed E-state index contributed by atoms with van der Waals surface area (Å²) in [4.78, 5) is 28.8. The minimum Gasteiger partial charge on any atom is -0.503 e. The monoisotopic (exact) mass is 344 g/mol. The zero-order valence-electron chi connectivity index (χ0n) is 14.1. The van der Waals surface area contributed by atoms with Gasteiger partial charge in [0.25, 0.3) is 5.91 Å². The van der Waals surface area contributed by atoms with Crippen LogP contribution in [0.3, 0.4) is 0 Å². The molecule has 0 radical (unpaired) electrons. The predicted molar refractivity (Wildman–Crippen MR) is 89.0 cm³/mol. The number of carbonyl (C=O) groups is 2. The van der Waals surface area contributed by atoms with E-state index in [1.165, 1.54) is 23.5 Å². The maximum Gasteiger partial charge on any atom is 0.290 e. The van der Waals surface area contributed by atoms with E-state index in [2.05, 4.69) is 0 Å². The lowest BCUT2D eigenvalue weighted by atomic mass is 9.99. The zero-order valence-corrected chi connectivity index (χ0v) is 14.1. The summed E-state index contributed by atoms with van der Waals surface area (Å²) in [5, 5.41) is 10.3. The van der Waals surface area contributed by atoms with E-state index in [0.29, 0.717) is 18.7 Å². The van der Waals surface area contributed by atoms with Crippen molar-refractivity contribution in [2.24, 2.45) is 0 Å². The summed E-state index contributed by atoms with van der Waals surface area (Å²) in [6.07, 6.45) is 3.55. The SMILES string of the molecule is CN(C)CCCN1C(=O)C(O)=C(C(=O)c2ccco2)[C@H]1c1ccco1. The third-order valence-electron chi connectivity index (χ3n) is 4.11. The van der Waals surface area contributed by atoms with Crippen molar-refractivity contribution in [2.45, 2.75) is 12.5 Å². The molecule has 3 rings (SSSR count). The second kappa shape index (κ2) is 6.98. The number of nitrogens with zero attached hydrogens (tertiary/aromatic N) is 2. The quantitative estimate of drug-likeness (QED) is 0.776. The van der Waals surface area contributed by atoms with Gasteiger partial charge in [-0.3, -0.25) is 9.59 Å². The first-order chi connectivity index (χ1) is 12.0. The Kier molecular flexibility index (Phi) is 4.76. The van der Waals surface area contributed by atoms with Gasteiger partial charge >= 0.3 is 0 Å². The smallest absolute Gasteiger partial charge is 0.290 e. The van der Waals surface area contributed by atoms with Crippen LogP contribution in [-0.2, 0) is 4.79 Å². The Balaban J connectivity index is 1.94. The molecule has 2 aromatic rings. The van der Waals surface area contributed by atoms with Crippen LogP contribution < -0.4 is 0 Å². The molecule has 1 N–H and O–H groups in total. The van der Waals surface area contributed by atoms with Crippen molar-refractivity contribution in [3.05, 3.63) is 59.6 Å². The molecule has 0 unspecified atom stereocenters. The van der Waals surface area contributed by atoms with Crippen molar-refractivity contribution in [3.8, 4) is 0 Å². The highest BCUT2D eigenvalue weighted by Crippen LogP contribution is 2.39. The standard InChI is InChI=1S/C18H20N2O5/c1-19(2)8-5-9-20-15(12-6-3-10-24-12)14(17(22)18(20)23)16(21)13-7-4-11-25-13/h3-4,6-7,10-11,15,22H,5,8-9H2,1-2H3/t15-/m1/s1. The third-order valence-corrected chi connectivity index (χ3v) is 4.11. The van der Waals surface area contributed by atoms with E-state index in [-0.39, 0.29) is 11.3 Å². The summed E-state index contributed by atoms with van der Waals surface area (Å²) in [6.45, 7) is 1.16. The van der Waals surface area contributed by atoms with Gasteiger partial charge in [-0.25, -0.2) is 0 Å². The minimum atomic E-state index is -0.762. The highest BCUT2D eigenvalue weighted by Gasteiger charge is 2.45. The molecular formula is C18H20N2O5. The van der Waals surface area contributed by atoms with Crippen LogP contribution in [-0.4, -0.2) is 53.8 Å². The van der Waals surface area contributed by atoms with Crippen LogP contribution in [0.5, 0.6) is 0 Å². The van der Waals surface area contributed by atoms with Crippen LogP contribution in [0.15, 0.2) is 57.0 Å². The second-order valence-electron chi connectivity index (χ2n) is 6.14. The molecule has 132 valence electrons. The number of hydrogen-bond donors (Lipinski definition) is 1. The predicted octanol–water partition coefficient (Wildman–Crippen LogP) is 2.40. The molecule has 0 spiro atoms. The van der Waals surface area contributed by atoms with Crippen LogP contribution in [0.4, 0.5) is 0 Å². The van der Waals surface area contributed by atoms with Crippen molar-refractivity contribution in [1.29, 1.82) is 0 Å². The summed E-state index contributed by atoms with van der Waals surface area (Å²) < 4.78 is 10.6. The number of hydrogen-bond acceptors (Lipinski definition) is 6. The van der Waals surface area contributed by atoms with Gasteiger partial charge in [-0.15, -0.1) is 0 Å². The van der Waals surface area contributed by atoms with Crippen LogP contribution >= 0.6 is 0 Å². The molecular weight excluding hydrogens is 324 g/mol. The normalized spacial score (nSPS) is 17.8. The second-order valence-corrected chi connectivity index (χ2v) is 6.14. The van der Waals surface area contributed by atoms with Crippen LogP contribution in [0.2, 0.25) is 0 Å². The van der Waals surface area contributed by atoms with Gasteiger partial charge in [0, 0.05) is 6.54 Å². The fraction of sp³-hybridized carbons (Fsp3) is 0.333. The van der Waals surface area contributed by atoms with Gasteiger partial charge in [0.05, 0.1) is 18.1 Å². The molecule has 0 aliphatic carbocycles. The number of ketones is 1. The number of carbonyl (C=O) groups excluding carboxylic acids is 2. The first-order valence-corrected chi connectivity index (χ1v) is 8.01. The van der Waals surface area contributed by atoms with E-state index in [4.69, 9.17) is 8.83 Å². The van der Waals surface area contributed by atoms with Gasteiger partial charge in [-0.05, 0) is 51.3 Å². The highest BCUT2D eigenvalue weighted by molar-refractivity contribution is 6.14. The van der Waals surface area contributed by atoms with Crippen LogP contribution in [0, 0.1) is 0 Å². The molecule has 0 saturated heterocycles. The van der Waals surface area contributed by atoms with E-state index < -0.39 is 23.5 Å². The maximum atomic E-state index is 12.8. The number of aliphatic hydroxyl groups is 1. The molecule has 25 heavy (non-hydrogen) atoms. The Labute approximate surface area is 145 Å². The van der Waals surface area contributed by atoms with E-state index in [1.807, 2.05) is 19.0 Å². The third kappa shape index (κ3) is 3.23. The van der Waals surface area contributed by atoms with E-state index >= 15 is 0 Å². The van der Waals surface area contributed by atoms with Gasteiger partial charge in [0.1, 0.15) is 11.8 Å². The van der Waals surface area contributed by atoms with Crippen molar-refractivity contribution >= 4 is 11.7 Å². The molecule has 1 aliphatic heterocycles. The number of aliphatic hydroxyl groups excluding tert-OH is 1. The molecule has 0 aromatic carbocycles. The fourth-order valence-electron chi connectivity index (χ4n) is 2.96. The maximum absolute atomic E-state index is 12.8. The van der Waals surface area contributed by atoms with Crippen molar-refractivity contribution < 1.29 is 23.5 Å². The molecule has 0 fully saturated rings. The summed E-state index contributed by atoms with van der Waals surface area (Å²) in [6, 6.07) is 5.69. The molecule has 1 amide bonds. The Morgan fingerprint density at radius 1 is 1.24 bits per heavy atom. The largest absolute Gasteiger partial charge is 0.503 e. The highest BCUT2D eigenvalue weighted by atomic mass is 16.3. The topological polar surface area (TPSA) is 87.1 Å². The van der Waals surface area contributed by atoms with E-state index in [9.17, 15) is 14.7 Å². The Hall–Kier alpha value is -2.80. The van der Waals surface area contributed by atoms with Crippen LogP contribution in [0.25, 0.3) is 0 Å². The van der Waals surface area contributed by atoms with Crippen molar-refractivity contribution in [1.82, 2.24) is 9.80 Å². The van der Waals surface area contributed by atoms with Crippen LogP contribution in [0.1, 0.15) is 28.8 Å². The number of Topliss-reactive ketones (excluding diaryl/α,β-unsaturated/α-hetero) is 1. The zero-order chi connectivity index (χ0) is 18.0. The summed E-state index contributed by atoms with van der Waals surface area (Å²) >= 11 is 0. The lowest BCUT2D eigenvalue weighted by molar-refractivity contribution is -0.129. The van der Waals surface area contributed by atoms with E-state index in [1.54, 1.807) is 18.2 Å². The minimum absolute atomic E-state index is 0.0141. The molecule has 1 aliphatic rings. The Morgan fingerprint density at radius 3 is 2.56 bits per heavy atom. The Morgan fingerprint density at radius 2 is 1.96 bits per heavy atom. The molecule has 2 aromatic heterocycles. The molecule has 0 saturated carbocycles. The first-order valence-electron chi connectivity index (χ1n) is 8.01. The van der Waals surface area contributed by atoms with Crippen molar-refractivity contribution in [3.63, 3.8) is 0 Å². The number of amides is 1. The van der Waals surface area contributed by atoms with E-state index in [0.717, 1.165) is 6.54 Å². The fourth-order valence-corrected chi connectivity index (χ4v) is 2.96. The van der Waals surface area contributed by atoms with Gasteiger partial charge in [0.15, 0.2) is 11.5 Å². The lowest BCUT2D eigenvalue weighted by Gasteiger charge is -2.25. The van der Waals surface area contributed by atoms with Crippen molar-refractivity contribution in [2.75, 3.05) is 27.2 Å². The average Bonchev–Trinajstić information content (AvgIpc) is 3.31. The van der Waals surface area contributed by atoms with Gasteiger partial charge < -0.3 is 23.7 Å². The molecule has 3 heterocycles. The molecule has 0 bridgehead atoms. The molecule has 7 heteroatoms. The Bertz CT molecular complexity index is 775. The average molecular weight is 344 g/mol. The number of rotatable bonds is 7. The summed E-state index contributed by atoms with van der Waals surface area (Å²) in [7, 11) is 3.88. The van der Waals surface area contributed by atoms with Gasteiger partial charge in [0.2, 0.25) is 5.78 Å². The summed E-state index contributed by atoms with van der Waals surface area (Å²) in [5.74, 6) is -1.15. The number of furan rings is 2. The van der Waals surface area contributed by atoms with Gasteiger partial charge in [-0.1, -0.05) is 0 Å². The molecule has 7 nitrogen and oxygen atoms in total. The van der Waals surface area contributed by atoms with Gasteiger partial charge in [-0.2, -0.15) is 0 Å². The summed E-state index contributed by atoms with van der Waals surface area (Å²) in [5.41, 5.74) is -0.0141. The first kappa shape index (κ1) is 17.0. The lowest BCUT2D eigenvalue weighted by Crippen LogP contribution is -2.33. The molecule has 1 atom stereocenters.